The van der Waals surface area contributed by atoms with Gasteiger partial charge in [-0.25, -0.2) is 4.39 Å². The molecule has 1 saturated heterocycles. The van der Waals surface area contributed by atoms with E-state index < -0.39 is 5.82 Å². The predicted molar refractivity (Wildman–Crippen MR) is 124 cm³/mol. The first-order valence-electron chi connectivity index (χ1n) is 9.33. The van der Waals surface area contributed by atoms with Crippen LogP contribution in [-0.2, 0) is 11.4 Å². The van der Waals surface area contributed by atoms with Gasteiger partial charge in [0, 0.05) is 5.56 Å². The predicted octanol–water partition coefficient (Wildman–Crippen LogP) is 6.12. The fourth-order valence-corrected chi connectivity index (χ4v) is 4.30. The number of anilines is 1. The molecule has 1 aliphatic rings. The van der Waals surface area contributed by atoms with Crippen molar-refractivity contribution in [1.29, 1.82) is 0 Å². The molecule has 0 radical (unpaired) electrons. The summed E-state index contributed by atoms with van der Waals surface area (Å²) in [5.41, 5.74) is 3.17. The first-order chi connectivity index (χ1) is 14.5. The molecule has 0 aliphatic carbocycles. The van der Waals surface area contributed by atoms with Crippen molar-refractivity contribution < 1.29 is 13.9 Å². The summed E-state index contributed by atoms with van der Waals surface area (Å²) in [7, 11) is 0. The number of rotatable bonds is 5. The number of amides is 1. The zero-order valence-corrected chi connectivity index (χ0v) is 17.8. The molecule has 6 heteroatoms. The molecule has 0 N–H and O–H groups in total. The second-order valence-corrected chi connectivity index (χ2v) is 8.46. The summed E-state index contributed by atoms with van der Waals surface area (Å²) in [4.78, 5) is 14.6. The topological polar surface area (TPSA) is 29.5 Å². The fraction of sp³-hybridized carbons (Fsp3) is 0.0833. The van der Waals surface area contributed by atoms with Crippen molar-refractivity contribution in [2.24, 2.45) is 0 Å². The average Bonchev–Trinajstić information content (AvgIpc) is 3.02. The fourth-order valence-electron chi connectivity index (χ4n) is 3.03. The number of thioether (sulfide) groups is 1. The van der Waals surface area contributed by atoms with Crippen molar-refractivity contribution in [2.75, 3.05) is 4.90 Å². The van der Waals surface area contributed by atoms with Gasteiger partial charge in [-0.15, -0.1) is 0 Å². The first kappa shape index (κ1) is 20.3. The molecule has 3 nitrogen and oxygen atoms in total. The van der Waals surface area contributed by atoms with Gasteiger partial charge in [0.25, 0.3) is 5.91 Å². The highest BCUT2D eigenvalue weighted by atomic mass is 32.2. The molecule has 3 aromatic rings. The Balaban J connectivity index is 1.58. The maximum Gasteiger partial charge on any atom is 0.270 e. The summed E-state index contributed by atoms with van der Waals surface area (Å²) < 4.78 is 20.5. The second-order valence-electron chi connectivity index (χ2n) is 6.78. The average molecular weight is 436 g/mol. The van der Waals surface area contributed by atoms with E-state index in [4.69, 9.17) is 17.0 Å². The van der Waals surface area contributed by atoms with E-state index in [0.29, 0.717) is 21.6 Å². The number of hydrogen-bond donors (Lipinski definition) is 0. The molecular formula is C24H18FNO2S2. The number of benzene rings is 3. The lowest BCUT2D eigenvalue weighted by molar-refractivity contribution is -0.113. The van der Waals surface area contributed by atoms with Crippen LogP contribution in [0, 0.1) is 12.7 Å². The number of carbonyl (C=O) groups is 1. The van der Waals surface area contributed by atoms with Crippen molar-refractivity contribution in [3.8, 4) is 5.75 Å². The van der Waals surface area contributed by atoms with E-state index in [1.807, 2.05) is 55.5 Å². The molecule has 1 amide bonds. The molecule has 0 bridgehead atoms. The van der Waals surface area contributed by atoms with Gasteiger partial charge in [0.2, 0.25) is 0 Å². The third kappa shape index (κ3) is 4.30. The molecule has 0 spiro atoms. The van der Waals surface area contributed by atoms with Gasteiger partial charge in [0.05, 0.1) is 10.6 Å². The van der Waals surface area contributed by atoms with Crippen LogP contribution in [0.5, 0.6) is 5.75 Å². The molecule has 0 unspecified atom stereocenters. The molecule has 4 rings (SSSR count). The number of ether oxygens (including phenoxy) is 1. The van der Waals surface area contributed by atoms with Gasteiger partial charge in [-0.2, -0.15) is 0 Å². The molecule has 30 heavy (non-hydrogen) atoms. The molecule has 1 aliphatic heterocycles. The molecule has 1 heterocycles. The Morgan fingerprint density at radius 3 is 2.50 bits per heavy atom. The van der Waals surface area contributed by atoms with Crippen LogP contribution in [0.15, 0.2) is 77.7 Å². The quantitative estimate of drug-likeness (QED) is 0.357. The highest BCUT2D eigenvalue weighted by Crippen LogP contribution is 2.38. The van der Waals surface area contributed by atoms with Crippen molar-refractivity contribution in [1.82, 2.24) is 0 Å². The third-order valence-corrected chi connectivity index (χ3v) is 5.91. The Labute approximate surface area is 184 Å². The van der Waals surface area contributed by atoms with Crippen molar-refractivity contribution in [3.63, 3.8) is 0 Å². The van der Waals surface area contributed by atoms with Crippen LogP contribution < -0.4 is 9.64 Å². The molecule has 0 atom stereocenters. The van der Waals surface area contributed by atoms with Gasteiger partial charge < -0.3 is 4.74 Å². The monoisotopic (exact) mass is 435 g/mol. The van der Waals surface area contributed by atoms with Crippen LogP contribution in [0.1, 0.15) is 16.7 Å². The number of halogens is 1. The zero-order chi connectivity index (χ0) is 21.1. The summed E-state index contributed by atoms with van der Waals surface area (Å²) >= 11 is 6.49. The number of thiocarbonyl (C=S) groups is 1. The van der Waals surface area contributed by atoms with Crippen LogP contribution in [-0.4, -0.2) is 10.2 Å². The van der Waals surface area contributed by atoms with E-state index in [2.05, 4.69) is 0 Å². The van der Waals surface area contributed by atoms with E-state index in [1.54, 1.807) is 24.3 Å². The largest absolute Gasteiger partial charge is 0.488 e. The highest BCUT2D eigenvalue weighted by Gasteiger charge is 2.34. The second kappa shape index (κ2) is 8.81. The minimum atomic E-state index is -0.489. The highest BCUT2D eigenvalue weighted by molar-refractivity contribution is 8.27. The summed E-state index contributed by atoms with van der Waals surface area (Å²) in [6, 6.07) is 21.7. The SMILES string of the molecule is Cc1ccc(COc2ccccc2C=C2SC(=S)N(c3ccccc3F)C2=O)cc1. The summed E-state index contributed by atoms with van der Waals surface area (Å²) in [5, 5.41) is 0. The minimum Gasteiger partial charge on any atom is -0.488 e. The lowest BCUT2D eigenvalue weighted by Crippen LogP contribution is -2.28. The zero-order valence-electron chi connectivity index (χ0n) is 16.2. The number of nitrogens with zero attached hydrogens (tertiary/aromatic N) is 1. The van der Waals surface area contributed by atoms with Crippen molar-refractivity contribution in [2.45, 2.75) is 13.5 Å². The first-order valence-corrected chi connectivity index (χ1v) is 10.6. The molecule has 0 aromatic heterocycles. The standard InChI is InChI=1S/C24H18FNO2S2/c1-16-10-12-17(13-11-16)15-28-21-9-5-2-6-18(21)14-22-23(27)26(24(29)30-22)20-8-4-3-7-19(20)25/h2-14H,15H2,1H3. The van der Waals surface area contributed by atoms with Gasteiger partial charge in [0.15, 0.2) is 4.32 Å². The van der Waals surface area contributed by atoms with Crippen molar-refractivity contribution in [3.05, 3.63) is 100 Å². The normalized spacial score (nSPS) is 15.1. The van der Waals surface area contributed by atoms with E-state index in [0.717, 1.165) is 22.9 Å². The lowest BCUT2D eigenvalue weighted by atomic mass is 10.1. The van der Waals surface area contributed by atoms with Gasteiger partial charge in [-0.05, 0) is 36.8 Å². The molecule has 0 saturated carbocycles. The van der Waals surface area contributed by atoms with Gasteiger partial charge >= 0.3 is 0 Å². The Morgan fingerprint density at radius 2 is 1.73 bits per heavy atom. The molecular weight excluding hydrogens is 417 g/mol. The van der Waals surface area contributed by atoms with E-state index in [1.165, 1.54) is 16.5 Å². The van der Waals surface area contributed by atoms with Gasteiger partial charge in [-0.3, -0.25) is 9.69 Å². The molecule has 3 aromatic carbocycles. The van der Waals surface area contributed by atoms with Gasteiger partial charge in [0.1, 0.15) is 18.2 Å². The molecule has 150 valence electrons. The van der Waals surface area contributed by atoms with Crippen LogP contribution >= 0.6 is 24.0 Å². The van der Waals surface area contributed by atoms with Crippen LogP contribution in [0.25, 0.3) is 6.08 Å². The Morgan fingerprint density at radius 1 is 1.03 bits per heavy atom. The van der Waals surface area contributed by atoms with Gasteiger partial charge in [-0.1, -0.05) is 84.1 Å². The maximum absolute atomic E-state index is 14.2. The molecule has 1 fully saturated rings. The summed E-state index contributed by atoms with van der Waals surface area (Å²) in [5.74, 6) is -0.172. The van der Waals surface area contributed by atoms with Crippen LogP contribution in [0.4, 0.5) is 10.1 Å². The van der Waals surface area contributed by atoms with Crippen LogP contribution in [0.2, 0.25) is 0 Å². The minimum absolute atomic E-state index is 0.160. The summed E-state index contributed by atoms with van der Waals surface area (Å²) in [6.45, 7) is 2.46. The summed E-state index contributed by atoms with van der Waals surface area (Å²) in [6.07, 6.45) is 1.74. The lowest BCUT2D eigenvalue weighted by Gasteiger charge is -2.15. The van der Waals surface area contributed by atoms with E-state index in [9.17, 15) is 9.18 Å². The van der Waals surface area contributed by atoms with Crippen LogP contribution in [0.3, 0.4) is 0 Å². The van der Waals surface area contributed by atoms with Crippen molar-refractivity contribution >= 4 is 46.0 Å². The maximum atomic E-state index is 14.2. The number of hydrogen-bond acceptors (Lipinski definition) is 4. The number of carbonyl (C=O) groups excluding carboxylic acids is 1. The third-order valence-electron chi connectivity index (χ3n) is 4.61. The number of aryl methyl sites for hydroxylation is 1. The van der Waals surface area contributed by atoms with E-state index >= 15 is 0 Å². The Bertz CT molecular complexity index is 1140. The number of para-hydroxylation sites is 2. The smallest absolute Gasteiger partial charge is 0.270 e. The van der Waals surface area contributed by atoms with E-state index in [-0.39, 0.29) is 11.6 Å². The Kier molecular flexibility index (Phi) is 5.97. The Hall–Kier alpha value is -2.96.